The fraction of sp³-hybridized carbons (Fsp3) is 0.130. The SMILES string of the molecule is Nc1cccc(-c2ccc(COc3ccc(CC4SC(=O)NC4=O)cc3)cc2)c1. The molecule has 1 unspecified atom stereocenters. The van der Waals surface area contributed by atoms with Gasteiger partial charge in [-0.05, 0) is 52.9 Å². The molecule has 0 spiro atoms. The predicted octanol–water partition coefficient (Wildman–Crippen LogP) is 4.41. The molecule has 3 N–H and O–H groups in total. The van der Waals surface area contributed by atoms with Crippen molar-refractivity contribution in [2.45, 2.75) is 18.3 Å². The van der Waals surface area contributed by atoms with Gasteiger partial charge >= 0.3 is 0 Å². The van der Waals surface area contributed by atoms with E-state index in [0.29, 0.717) is 13.0 Å². The van der Waals surface area contributed by atoms with Crippen LogP contribution in [0.4, 0.5) is 10.5 Å². The lowest BCUT2D eigenvalue weighted by molar-refractivity contribution is -0.118. The van der Waals surface area contributed by atoms with E-state index in [0.717, 1.165) is 45.5 Å². The first kappa shape index (κ1) is 19.1. The quantitative estimate of drug-likeness (QED) is 0.595. The molecule has 1 saturated heterocycles. The zero-order valence-electron chi connectivity index (χ0n) is 15.6. The summed E-state index contributed by atoms with van der Waals surface area (Å²) >= 11 is 1.04. The Hall–Kier alpha value is -3.25. The highest BCUT2D eigenvalue weighted by Crippen LogP contribution is 2.25. The van der Waals surface area contributed by atoms with Crippen molar-refractivity contribution in [2.75, 3.05) is 5.73 Å². The monoisotopic (exact) mass is 404 g/mol. The van der Waals surface area contributed by atoms with Gasteiger partial charge in [-0.3, -0.25) is 14.9 Å². The number of ether oxygens (including phenoxy) is 1. The van der Waals surface area contributed by atoms with Crippen LogP contribution in [0, 0.1) is 0 Å². The molecule has 0 bridgehead atoms. The predicted molar refractivity (Wildman–Crippen MR) is 116 cm³/mol. The zero-order valence-corrected chi connectivity index (χ0v) is 16.4. The standard InChI is InChI=1S/C23H20N2O3S/c24-19-3-1-2-18(13-19)17-8-4-16(5-9-17)14-28-20-10-6-15(7-11-20)12-21-22(26)25-23(27)29-21/h1-11,13,21H,12,14,24H2,(H,25,26,27). The van der Waals surface area contributed by atoms with E-state index in [2.05, 4.69) is 17.4 Å². The van der Waals surface area contributed by atoms with Crippen LogP contribution in [-0.4, -0.2) is 16.4 Å². The first-order chi connectivity index (χ1) is 14.1. The molecule has 29 heavy (non-hydrogen) atoms. The van der Waals surface area contributed by atoms with Gasteiger partial charge in [-0.2, -0.15) is 0 Å². The molecule has 6 heteroatoms. The third-order valence-corrected chi connectivity index (χ3v) is 5.67. The Labute approximate surface area is 173 Å². The fourth-order valence-corrected chi connectivity index (χ4v) is 4.00. The number of hydrogen-bond donors (Lipinski definition) is 2. The number of nitrogens with one attached hydrogen (secondary N) is 1. The second-order valence-corrected chi connectivity index (χ2v) is 8.02. The van der Waals surface area contributed by atoms with Crippen molar-refractivity contribution >= 4 is 28.6 Å². The summed E-state index contributed by atoms with van der Waals surface area (Å²) in [5.41, 5.74) is 10.9. The Kier molecular flexibility index (Phi) is 5.53. The van der Waals surface area contributed by atoms with Gasteiger partial charge in [0, 0.05) is 5.69 Å². The van der Waals surface area contributed by atoms with E-state index >= 15 is 0 Å². The number of anilines is 1. The summed E-state index contributed by atoms with van der Waals surface area (Å²) in [6.45, 7) is 0.464. The summed E-state index contributed by atoms with van der Waals surface area (Å²) in [4.78, 5) is 22.9. The molecule has 1 heterocycles. The molecule has 1 aliphatic heterocycles. The van der Waals surface area contributed by atoms with Gasteiger partial charge in [0.2, 0.25) is 5.91 Å². The van der Waals surface area contributed by atoms with Gasteiger partial charge < -0.3 is 10.5 Å². The average Bonchev–Trinajstić information content (AvgIpc) is 3.04. The number of nitrogen functional groups attached to an aromatic ring is 1. The van der Waals surface area contributed by atoms with Crippen LogP contribution in [-0.2, 0) is 17.8 Å². The Morgan fingerprint density at radius 2 is 1.62 bits per heavy atom. The average molecular weight is 404 g/mol. The Morgan fingerprint density at radius 3 is 2.28 bits per heavy atom. The number of hydrogen-bond acceptors (Lipinski definition) is 5. The largest absolute Gasteiger partial charge is 0.489 e. The molecular weight excluding hydrogens is 384 g/mol. The number of carbonyl (C=O) groups is 2. The highest BCUT2D eigenvalue weighted by molar-refractivity contribution is 8.15. The van der Waals surface area contributed by atoms with Gasteiger partial charge in [0.05, 0.1) is 5.25 Å². The molecule has 3 aromatic rings. The van der Waals surface area contributed by atoms with E-state index in [1.165, 1.54) is 0 Å². The van der Waals surface area contributed by atoms with E-state index < -0.39 is 0 Å². The number of carbonyl (C=O) groups excluding carboxylic acids is 2. The van der Waals surface area contributed by atoms with Crippen LogP contribution in [0.25, 0.3) is 11.1 Å². The van der Waals surface area contributed by atoms with Crippen LogP contribution in [0.15, 0.2) is 72.8 Å². The smallest absolute Gasteiger partial charge is 0.286 e. The number of nitrogens with two attached hydrogens (primary N) is 1. The van der Waals surface area contributed by atoms with E-state index in [1.807, 2.05) is 60.7 Å². The maximum absolute atomic E-state index is 11.7. The van der Waals surface area contributed by atoms with Crippen LogP contribution < -0.4 is 15.8 Å². The summed E-state index contributed by atoms with van der Waals surface area (Å²) in [6.07, 6.45) is 0.522. The van der Waals surface area contributed by atoms with Crippen LogP contribution in [0.1, 0.15) is 11.1 Å². The molecule has 146 valence electrons. The fourth-order valence-electron chi connectivity index (χ4n) is 3.14. The number of benzene rings is 3. The molecule has 5 nitrogen and oxygen atoms in total. The van der Waals surface area contributed by atoms with Gasteiger partial charge in [0.25, 0.3) is 5.24 Å². The van der Waals surface area contributed by atoms with Gasteiger partial charge in [-0.1, -0.05) is 60.3 Å². The Balaban J connectivity index is 1.33. The van der Waals surface area contributed by atoms with E-state index in [9.17, 15) is 9.59 Å². The summed E-state index contributed by atoms with van der Waals surface area (Å²) in [6, 6.07) is 23.6. The van der Waals surface area contributed by atoms with Gasteiger partial charge in [-0.15, -0.1) is 0 Å². The maximum Gasteiger partial charge on any atom is 0.286 e. The lowest BCUT2D eigenvalue weighted by Crippen LogP contribution is -2.25. The zero-order chi connectivity index (χ0) is 20.2. The van der Waals surface area contributed by atoms with Crippen molar-refractivity contribution in [3.63, 3.8) is 0 Å². The van der Waals surface area contributed by atoms with Gasteiger partial charge in [0.1, 0.15) is 12.4 Å². The van der Waals surface area contributed by atoms with Crippen LogP contribution in [0.2, 0.25) is 0 Å². The van der Waals surface area contributed by atoms with Crippen molar-refractivity contribution in [3.8, 4) is 16.9 Å². The molecule has 1 atom stereocenters. The number of amides is 2. The number of thioether (sulfide) groups is 1. The van der Waals surface area contributed by atoms with Gasteiger partial charge in [0.15, 0.2) is 0 Å². The Morgan fingerprint density at radius 1 is 0.897 bits per heavy atom. The molecule has 0 aliphatic carbocycles. The molecule has 4 rings (SSSR count). The van der Waals surface area contributed by atoms with Crippen molar-refractivity contribution < 1.29 is 14.3 Å². The van der Waals surface area contributed by atoms with Crippen molar-refractivity contribution in [1.29, 1.82) is 0 Å². The molecule has 0 aromatic heterocycles. The first-order valence-corrected chi connectivity index (χ1v) is 10.1. The minimum Gasteiger partial charge on any atom is -0.489 e. The molecule has 3 aromatic carbocycles. The second-order valence-electron chi connectivity index (χ2n) is 6.84. The van der Waals surface area contributed by atoms with E-state index in [-0.39, 0.29) is 16.4 Å². The molecule has 2 amide bonds. The second kappa shape index (κ2) is 8.41. The molecule has 0 saturated carbocycles. The lowest BCUT2D eigenvalue weighted by atomic mass is 10.0. The van der Waals surface area contributed by atoms with E-state index in [1.54, 1.807) is 0 Å². The van der Waals surface area contributed by atoms with Gasteiger partial charge in [-0.25, -0.2) is 0 Å². The molecule has 1 fully saturated rings. The summed E-state index contributed by atoms with van der Waals surface area (Å²) < 4.78 is 5.86. The lowest BCUT2D eigenvalue weighted by Gasteiger charge is -2.09. The van der Waals surface area contributed by atoms with Crippen LogP contribution in [0.5, 0.6) is 5.75 Å². The highest BCUT2D eigenvalue weighted by Gasteiger charge is 2.31. The van der Waals surface area contributed by atoms with Crippen molar-refractivity contribution in [1.82, 2.24) is 5.32 Å². The first-order valence-electron chi connectivity index (χ1n) is 9.25. The summed E-state index contributed by atoms with van der Waals surface area (Å²) in [7, 11) is 0. The highest BCUT2D eigenvalue weighted by atomic mass is 32.2. The minimum absolute atomic E-state index is 0.220. The third kappa shape index (κ3) is 4.78. The van der Waals surface area contributed by atoms with Crippen LogP contribution in [0.3, 0.4) is 0 Å². The van der Waals surface area contributed by atoms with Crippen molar-refractivity contribution in [3.05, 3.63) is 83.9 Å². The molecular formula is C23H20N2O3S. The maximum atomic E-state index is 11.7. The van der Waals surface area contributed by atoms with Crippen LogP contribution >= 0.6 is 11.8 Å². The normalized spacial score (nSPS) is 15.9. The van der Waals surface area contributed by atoms with Crippen molar-refractivity contribution in [2.24, 2.45) is 0 Å². The Bertz CT molecular complexity index is 1030. The summed E-state index contributed by atoms with van der Waals surface area (Å²) in [5.74, 6) is 0.537. The number of imide groups is 1. The molecule has 0 radical (unpaired) electrons. The summed E-state index contributed by atoms with van der Waals surface area (Å²) in [5, 5.41) is 1.68. The van der Waals surface area contributed by atoms with E-state index in [4.69, 9.17) is 10.5 Å². The molecule has 1 aliphatic rings. The third-order valence-electron chi connectivity index (χ3n) is 4.69. The topological polar surface area (TPSA) is 81.4 Å². The minimum atomic E-state index is -0.354. The number of rotatable bonds is 6.